The summed E-state index contributed by atoms with van der Waals surface area (Å²) < 4.78 is 45.3. The third-order valence-electron chi connectivity index (χ3n) is 5.30. The van der Waals surface area contributed by atoms with E-state index in [2.05, 4.69) is 4.98 Å². The minimum absolute atomic E-state index is 0.0145. The van der Waals surface area contributed by atoms with E-state index in [-0.39, 0.29) is 41.5 Å². The van der Waals surface area contributed by atoms with Crippen LogP contribution in [-0.2, 0) is 21.2 Å². The number of sulfone groups is 1. The van der Waals surface area contributed by atoms with Crippen molar-refractivity contribution in [3.8, 4) is 5.75 Å². The van der Waals surface area contributed by atoms with Crippen molar-refractivity contribution in [2.24, 2.45) is 0 Å². The van der Waals surface area contributed by atoms with Crippen LogP contribution < -0.4 is 9.64 Å². The van der Waals surface area contributed by atoms with Crippen LogP contribution in [0, 0.1) is 5.82 Å². The van der Waals surface area contributed by atoms with E-state index < -0.39 is 15.7 Å². The van der Waals surface area contributed by atoms with Gasteiger partial charge in [-0.3, -0.25) is 9.69 Å². The summed E-state index contributed by atoms with van der Waals surface area (Å²) in [5.41, 5.74) is 1.11. The number of rotatable bonds is 9. The van der Waals surface area contributed by atoms with Gasteiger partial charge in [0.05, 0.1) is 29.0 Å². The number of nitrogens with zero attached hydrogens (tertiary/aromatic N) is 2. The summed E-state index contributed by atoms with van der Waals surface area (Å²) in [6, 6.07) is 20.3. The predicted octanol–water partition coefficient (Wildman–Crippen LogP) is 5.23. The zero-order valence-electron chi connectivity index (χ0n) is 18.5. The molecule has 6 nitrogen and oxygen atoms in total. The van der Waals surface area contributed by atoms with Crippen molar-refractivity contribution in [2.75, 3.05) is 17.8 Å². The predicted molar refractivity (Wildman–Crippen MR) is 131 cm³/mol. The number of halogens is 1. The van der Waals surface area contributed by atoms with E-state index in [4.69, 9.17) is 4.74 Å². The van der Waals surface area contributed by atoms with Gasteiger partial charge in [0.25, 0.3) is 0 Å². The Balaban J connectivity index is 1.51. The normalized spacial score (nSPS) is 11.5. The van der Waals surface area contributed by atoms with Crippen LogP contribution in [0.1, 0.15) is 18.4 Å². The molecular weight excluding hydrogens is 475 g/mol. The Morgan fingerprint density at radius 3 is 2.44 bits per heavy atom. The maximum absolute atomic E-state index is 14.2. The monoisotopic (exact) mass is 498 g/mol. The van der Waals surface area contributed by atoms with Crippen LogP contribution in [0.4, 0.5) is 9.52 Å². The maximum Gasteiger partial charge on any atom is 0.229 e. The van der Waals surface area contributed by atoms with Gasteiger partial charge in [-0.2, -0.15) is 0 Å². The molecule has 1 aromatic heterocycles. The zero-order chi connectivity index (χ0) is 24.1. The summed E-state index contributed by atoms with van der Waals surface area (Å²) in [5.74, 6) is -0.317. The first-order chi connectivity index (χ1) is 16.4. The number of carbonyl (C=O) groups excluding carboxylic acids is 1. The Morgan fingerprint density at radius 2 is 1.76 bits per heavy atom. The lowest BCUT2D eigenvalue weighted by atomic mass is 10.2. The number of aromatic nitrogens is 1. The number of hydrogen-bond acceptors (Lipinski definition) is 6. The van der Waals surface area contributed by atoms with Gasteiger partial charge in [0.1, 0.15) is 17.1 Å². The average molecular weight is 499 g/mol. The van der Waals surface area contributed by atoms with Gasteiger partial charge < -0.3 is 4.74 Å². The highest BCUT2D eigenvalue weighted by Crippen LogP contribution is 2.31. The number of amides is 1. The Bertz CT molecular complexity index is 1390. The van der Waals surface area contributed by atoms with Gasteiger partial charge in [-0.1, -0.05) is 47.7 Å². The lowest BCUT2D eigenvalue weighted by molar-refractivity contribution is -0.118. The Kier molecular flexibility index (Phi) is 7.23. The summed E-state index contributed by atoms with van der Waals surface area (Å²) in [6.45, 7) is 0.256. The molecule has 0 fully saturated rings. The minimum atomic E-state index is -3.55. The highest BCUT2D eigenvalue weighted by Gasteiger charge is 2.22. The van der Waals surface area contributed by atoms with E-state index in [1.54, 1.807) is 24.3 Å². The summed E-state index contributed by atoms with van der Waals surface area (Å²) in [6.07, 6.45) is 0.165. The third-order valence-corrected chi connectivity index (χ3v) is 8.16. The Morgan fingerprint density at radius 1 is 1.03 bits per heavy atom. The molecule has 1 amide bonds. The molecule has 0 unspecified atom stereocenters. The quantitative estimate of drug-likeness (QED) is 0.316. The number of benzene rings is 3. The van der Waals surface area contributed by atoms with Crippen LogP contribution in [0.25, 0.3) is 10.2 Å². The van der Waals surface area contributed by atoms with E-state index in [0.29, 0.717) is 15.6 Å². The fourth-order valence-corrected chi connectivity index (χ4v) is 5.80. The number of para-hydroxylation sites is 1. The number of fused-ring (bicyclic) bond motifs is 1. The minimum Gasteiger partial charge on any atom is -0.497 e. The largest absolute Gasteiger partial charge is 0.497 e. The van der Waals surface area contributed by atoms with Crippen LogP contribution in [0.3, 0.4) is 0 Å². The molecule has 0 aliphatic rings. The fraction of sp³-hybridized carbons (Fsp3) is 0.200. The van der Waals surface area contributed by atoms with Crippen molar-refractivity contribution in [1.82, 2.24) is 4.98 Å². The zero-order valence-corrected chi connectivity index (χ0v) is 20.1. The van der Waals surface area contributed by atoms with Gasteiger partial charge in [-0.05, 0) is 48.4 Å². The lowest BCUT2D eigenvalue weighted by Crippen LogP contribution is -2.30. The van der Waals surface area contributed by atoms with Crippen LogP contribution in [0.5, 0.6) is 5.75 Å². The van der Waals surface area contributed by atoms with E-state index in [1.165, 1.54) is 41.5 Å². The number of thiazole rings is 1. The first-order valence-electron chi connectivity index (χ1n) is 10.6. The molecule has 0 radical (unpaired) electrons. The van der Waals surface area contributed by atoms with Crippen LogP contribution in [0.2, 0.25) is 0 Å². The second kappa shape index (κ2) is 10.3. The first kappa shape index (κ1) is 23.8. The van der Waals surface area contributed by atoms with E-state index in [9.17, 15) is 17.6 Å². The summed E-state index contributed by atoms with van der Waals surface area (Å²) in [4.78, 5) is 19.3. The second-order valence-corrected chi connectivity index (χ2v) is 10.8. The third kappa shape index (κ3) is 5.43. The van der Waals surface area contributed by atoms with Crippen molar-refractivity contribution in [3.63, 3.8) is 0 Å². The average Bonchev–Trinajstić information content (AvgIpc) is 3.28. The molecule has 34 heavy (non-hydrogen) atoms. The summed E-state index contributed by atoms with van der Waals surface area (Å²) in [5, 5.41) is 0.381. The molecule has 1 heterocycles. The summed E-state index contributed by atoms with van der Waals surface area (Å²) in [7, 11) is -2.04. The van der Waals surface area contributed by atoms with Crippen molar-refractivity contribution in [1.29, 1.82) is 0 Å². The molecule has 9 heteroatoms. The van der Waals surface area contributed by atoms with Gasteiger partial charge in [0.2, 0.25) is 5.91 Å². The fourth-order valence-electron chi connectivity index (χ4n) is 3.50. The van der Waals surface area contributed by atoms with Gasteiger partial charge in [-0.25, -0.2) is 17.8 Å². The molecule has 176 valence electrons. The number of hydrogen-bond donors (Lipinski definition) is 0. The maximum atomic E-state index is 14.2. The Hall–Kier alpha value is -3.30. The standard InChI is InChI=1S/C25H23FN2O4S2/c1-32-19-12-14-20(15-13-19)34(30,31)16-6-11-23(29)28(17-18-7-3-2-4-8-18)25-27-24-21(26)9-5-10-22(24)33-25/h2-5,7-10,12-15H,6,11,16-17H2,1H3. The van der Waals surface area contributed by atoms with E-state index in [1.807, 2.05) is 30.3 Å². The highest BCUT2D eigenvalue weighted by molar-refractivity contribution is 7.91. The van der Waals surface area contributed by atoms with E-state index >= 15 is 0 Å². The lowest BCUT2D eigenvalue weighted by Gasteiger charge is -2.20. The van der Waals surface area contributed by atoms with Crippen molar-refractivity contribution < 1.29 is 22.3 Å². The van der Waals surface area contributed by atoms with Gasteiger partial charge >= 0.3 is 0 Å². The summed E-state index contributed by atoms with van der Waals surface area (Å²) >= 11 is 1.23. The topological polar surface area (TPSA) is 76.6 Å². The molecular formula is C25H23FN2O4S2. The number of ether oxygens (including phenoxy) is 1. The number of carbonyl (C=O) groups is 1. The number of anilines is 1. The first-order valence-corrected chi connectivity index (χ1v) is 13.1. The molecule has 3 aromatic carbocycles. The molecule has 0 bridgehead atoms. The smallest absolute Gasteiger partial charge is 0.229 e. The second-order valence-electron chi connectivity index (χ2n) is 7.65. The molecule has 0 N–H and O–H groups in total. The van der Waals surface area contributed by atoms with Crippen LogP contribution in [-0.4, -0.2) is 32.2 Å². The Labute approximate surface area is 201 Å². The van der Waals surface area contributed by atoms with Gasteiger partial charge in [0, 0.05) is 6.42 Å². The highest BCUT2D eigenvalue weighted by atomic mass is 32.2. The number of methoxy groups -OCH3 is 1. The SMILES string of the molecule is COc1ccc(S(=O)(=O)CCCC(=O)N(Cc2ccccc2)c2nc3c(F)cccc3s2)cc1. The van der Waals surface area contributed by atoms with Crippen molar-refractivity contribution in [2.45, 2.75) is 24.3 Å². The molecule has 4 rings (SSSR count). The molecule has 4 aromatic rings. The molecule has 0 saturated heterocycles. The molecule has 0 aliphatic carbocycles. The van der Waals surface area contributed by atoms with Crippen molar-refractivity contribution in [3.05, 3.63) is 84.2 Å². The van der Waals surface area contributed by atoms with Gasteiger partial charge in [-0.15, -0.1) is 0 Å². The van der Waals surface area contributed by atoms with Crippen LogP contribution in [0.15, 0.2) is 77.7 Å². The molecule has 0 saturated carbocycles. The van der Waals surface area contributed by atoms with Crippen molar-refractivity contribution >= 4 is 42.4 Å². The van der Waals surface area contributed by atoms with Crippen LogP contribution >= 0.6 is 11.3 Å². The molecule has 0 spiro atoms. The van der Waals surface area contributed by atoms with Gasteiger partial charge in [0.15, 0.2) is 15.0 Å². The molecule has 0 atom stereocenters. The molecule has 0 aliphatic heterocycles. The van der Waals surface area contributed by atoms with E-state index in [0.717, 1.165) is 5.56 Å².